The Labute approximate surface area is 128 Å². The van der Waals surface area contributed by atoms with E-state index >= 15 is 0 Å². The monoisotopic (exact) mass is 348 g/mol. The van der Waals surface area contributed by atoms with E-state index in [0.29, 0.717) is 5.69 Å². The van der Waals surface area contributed by atoms with E-state index in [0.717, 1.165) is 17.7 Å². The number of benzene rings is 1. The number of nitrogens with one attached hydrogen (secondary N) is 1. The maximum absolute atomic E-state index is 11.5. The van der Waals surface area contributed by atoms with E-state index in [-0.39, 0.29) is 17.0 Å². The van der Waals surface area contributed by atoms with Crippen LogP contribution in [-0.4, -0.2) is 19.0 Å². The Bertz CT molecular complexity index is 699. The van der Waals surface area contributed by atoms with Gasteiger partial charge in [-0.05, 0) is 24.3 Å². The molecule has 1 aliphatic heterocycles. The second-order valence-corrected chi connectivity index (χ2v) is 4.83. The molecule has 6 nitrogen and oxygen atoms in total. The van der Waals surface area contributed by atoms with Crippen LogP contribution in [0.25, 0.3) is 0 Å². The first kappa shape index (κ1) is 14.8. The maximum atomic E-state index is 11.5. The van der Waals surface area contributed by atoms with Crippen molar-refractivity contribution in [2.24, 2.45) is 0 Å². The van der Waals surface area contributed by atoms with Crippen LogP contribution in [0, 0.1) is 11.3 Å². The molecule has 0 unspecified atom stereocenters. The van der Waals surface area contributed by atoms with Crippen molar-refractivity contribution in [3.63, 3.8) is 0 Å². The molecule has 0 fully saturated rings. The molecule has 1 heterocycles. The summed E-state index contributed by atoms with van der Waals surface area (Å²) in [6, 6.07) is 8.80. The van der Waals surface area contributed by atoms with Crippen molar-refractivity contribution < 1.29 is 19.1 Å². The third-order valence-electron chi connectivity index (χ3n) is 2.56. The number of rotatable bonds is 3. The van der Waals surface area contributed by atoms with Gasteiger partial charge in [0, 0.05) is 10.2 Å². The molecule has 0 bridgehead atoms. The fourth-order valence-electron chi connectivity index (χ4n) is 1.63. The average Bonchev–Trinajstić information content (AvgIpc) is 2.82. The Kier molecular flexibility index (Phi) is 4.40. The largest absolute Gasteiger partial charge is 0.465 e. The number of hydrogen-bond acceptors (Lipinski definition) is 6. The number of ether oxygens (including phenoxy) is 2. The highest BCUT2D eigenvalue weighted by molar-refractivity contribution is 9.10. The Morgan fingerprint density at radius 1 is 1.38 bits per heavy atom. The van der Waals surface area contributed by atoms with Crippen molar-refractivity contribution in [2.75, 3.05) is 12.4 Å². The highest BCUT2D eigenvalue weighted by atomic mass is 79.9. The first-order valence-corrected chi connectivity index (χ1v) is 6.53. The molecule has 7 heteroatoms. The third-order valence-corrected chi connectivity index (χ3v) is 3.09. The Balaban J connectivity index is 2.36. The molecule has 0 saturated carbocycles. The molecule has 0 amide bonds. The average molecular weight is 349 g/mol. The van der Waals surface area contributed by atoms with Crippen molar-refractivity contribution in [1.82, 2.24) is 0 Å². The van der Waals surface area contributed by atoms with Gasteiger partial charge in [-0.1, -0.05) is 15.9 Å². The Hall–Kier alpha value is -2.59. The van der Waals surface area contributed by atoms with E-state index in [4.69, 9.17) is 10.00 Å². The molecule has 0 aromatic heterocycles. The Morgan fingerprint density at radius 2 is 2.05 bits per heavy atom. The third kappa shape index (κ3) is 3.30. The summed E-state index contributed by atoms with van der Waals surface area (Å²) in [6.07, 6.45) is 1.16. The van der Waals surface area contributed by atoms with E-state index in [2.05, 4.69) is 26.0 Å². The molecule has 0 spiro atoms. The van der Waals surface area contributed by atoms with Crippen LogP contribution in [0.15, 0.2) is 51.8 Å². The van der Waals surface area contributed by atoms with E-state index < -0.39 is 11.9 Å². The number of anilines is 1. The SMILES string of the molecule is COC(=O)/C(C#N)=C1\OC(=O)C=C1Nc1ccc(Br)cc1. The molecule has 106 valence electrons. The van der Waals surface area contributed by atoms with Gasteiger partial charge in [-0.3, -0.25) is 0 Å². The number of methoxy groups -OCH3 is 1. The number of hydrogen-bond donors (Lipinski definition) is 1. The summed E-state index contributed by atoms with van der Waals surface area (Å²) in [5, 5.41) is 12.0. The van der Waals surface area contributed by atoms with Crippen LogP contribution in [0.3, 0.4) is 0 Å². The fraction of sp³-hybridized carbons (Fsp3) is 0.0714. The highest BCUT2D eigenvalue weighted by Gasteiger charge is 2.28. The van der Waals surface area contributed by atoms with Crippen LogP contribution < -0.4 is 5.32 Å². The summed E-state index contributed by atoms with van der Waals surface area (Å²) >= 11 is 3.31. The van der Waals surface area contributed by atoms with Gasteiger partial charge in [0.25, 0.3) is 0 Å². The van der Waals surface area contributed by atoms with Gasteiger partial charge in [0.2, 0.25) is 0 Å². The van der Waals surface area contributed by atoms with Crippen LogP contribution >= 0.6 is 15.9 Å². The summed E-state index contributed by atoms with van der Waals surface area (Å²) in [7, 11) is 1.14. The molecule has 1 N–H and O–H groups in total. The molecule has 1 aliphatic rings. The summed E-state index contributed by atoms with van der Waals surface area (Å²) in [5.74, 6) is -1.68. The van der Waals surface area contributed by atoms with Crippen molar-refractivity contribution in [1.29, 1.82) is 5.26 Å². The van der Waals surface area contributed by atoms with E-state index in [1.165, 1.54) is 0 Å². The zero-order valence-electron chi connectivity index (χ0n) is 10.8. The molecular formula is C14H9BrN2O4. The molecule has 2 rings (SSSR count). The summed E-state index contributed by atoms with van der Waals surface area (Å²) in [4.78, 5) is 22.9. The van der Waals surface area contributed by atoms with Crippen LogP contribution in [0.5, 0.6) is 0 Å². The number of esters is 2. The summed E-state index contributed by atoms with van der Waals surface area (Å²) in [5.41, 5.74) is 0.519. The second kappa shape index (κ2) is 6.24. The molecule has 0 atom stereocenters. The topological polar surface area (TPSA) is 88.4 Å². The summed E-state index contributed by atoms with van der Waals surface area (Å²) in [6.45, 7) is 0. The lowest BCUT2D eigenvalue weighted by atomic mass is 10.2. The van der Waals surface area contributed by atoms with Crippen molar-refractivity contribution >= 4 is 33.6 Å². The normalized spacial score (nSPS) is 15.7. The van der Waals surface area contributed by atoms with Gasteiger partial charge >= 0.3 is 11.9 Å². The molecule has 0 aliphatic carbocycles. The molecule has 1 aromatic rings. The van der Waals surface area contributed by atoms with Gasteiger partial charge in [-0.25, -0.2) is 9.59 Å². The predicted molar refractivity (Wildman–Crippen MR) is 76.6 cm³/mol. The lowest BCUT2D eigenvalue weighted by molar-refractivity contribution is -0.136. The van der Waals surface area contributed by atoms with Gasteiger partial charge in [0.05, 0.1) is 18.9 Å². The molecule has 21 heavy (non-hydrogen) atoms. The van der Waals surface area contributed by atoms with E-state index in [1.54, 1.807) is 30.3 Å². The minimum Gasteiger partial charge on any atom is -0.465 e. The quantitative estimate of drug-likeness (QED) is 0.512. The minimum absolute atomic E-state index is 0.141. The zero-order valence-corrected chi connectivity index (χ0v) is 12.4. The van der Waals surface area contributed by atoms with Crippen LogP contribution in [0.4, 0.5) is 5.69 Å². The fourth-order valence-corrected chi connectivity index (χ4v) is 1.89. The molecule has 1 aromatic carbocycles. The van der Waals surface area contributed by atoms with E-state index in [9.17, 15) is 9.59 Å². The molecule has 0 saturated heterocycles. The maximum Gasteiger partial charge on any atom is 0.352 e. The van der Waals surface area contributed by atoms with Gasteiger partial charge in [0.1, 0.15) is 6.07 Å². The zero-order chi connectivity index (χ0) is 15.4. The minimum atomic E-state index is -0.870. The first-order valence-electron chi connectivity index (χ1n) is 5.74. The van der Waals surface area contributed by atoms with Gasteiger partial charge in [-0.15, -0.1) is 0 Å². The highest BCUT2D eigenvalue weighted by Crippen LogP contribution is 2.26. The van der Waals surface area contributed by atoms with Crippen LogP contribution in [0.2, 0.25) is 0 Å². The van der Waals surface area contributed by atoms with Gasteiger partial charge < -0.3 is 14.8 Å². The molecular weight excluding hydrogens is 340 g/mol. The number of nitrogens with zero attached hydrogens (tertiary/aromatic N) is 1. The van der Waals surface area contributed by atoms with Crippen LogP contribution in [-0.2, 0) is 19.1 Å². The number of nitriles is 1. The van der Waals surface area contributed by atoms with Crippen molar-refractivity contribution in [3.8, 4) is 6.07 Å². The predicted octanol–water partition coefficient (Wildman–Crippen LogP) is 2.25. The number of carbonyl (C=O) groups excluding carboxylic acids is 2. The smallest absolute Gasteiger partial charge is 0.352 e. The van der Waals surface area contributed by atoms with Crippen molar-refractivity contribution in [2.45, 2.75) is 0 Å². The second-order valence-electron chi connectivity index (χ2n) is 3.92. The number of carbonyl (C=O) groups is 2. The van der Waals surface area contributed by atoms with Crippen molar-refractivity contribution in [3.05, 3.63) is 51.8 Å². The lowest BCUT2D eigenvalue weighted by Gasteiger charge is -2.09. The lowest BCUT2D eigenvalue weighted by Crippen LogP contribution is -2.10. The number of cyclic esters (lactones) is 1. The van der Waals surface area contributed by atoms with Gasteiger partial charge in [0.15, 0.2) is 11.3 Å². The Morgan fingerprint density at radius 3 is 2.62 bits per heavy atom. The summed E-state index contributed by atoms with van der Waals surface area (Å²) < 4.78 is 10.3. The standard InChI is InChI=1S/C14H9BrN2O4/c1-20-14(19)10(7-16)13-11(6-12(18)21-13)17-9-4-2-8(15)3-5-9/h2-6,17H,1H3/b13-10-. The molecule has 0 radical (unpaired) electrons. The number of halogens is 1. The van der Waals surface area contributed by atoms with Crippen LogP contribution in [0.1, 0.15) is 0 Å². The van der Waals surface area contributed by atoms with Gasteiger partial charge in [-0.2, -0.15) is 5.26 Å². The first-order chi connectivity index (χ1) is 10.0. The van der Waals surface area contributed by atoms with E-state index in [1.807, 2.05) is 0 Å².